The van der Waals surface area contributed by atoms with Crippen molar-refractivity contribution in [2.75, 3.05) is 6.61 Å². The van der Waals surface area contributed by atoms with Crippen LogP contribution in [0, 0.1) is 5.92 Å². The van der Waals surface area contributed by atoms with Gasteiger partial charge in [-0.25, -0.2) is 9.59 Å². The van der Waals surface area contributed by atoms with Crippen LogP contribution >= 0.6 is 0 Å². The largest absolute Gasteiger partial charge is 0.462 e. The van der Waals surface area contributed by atoms with Crippen LogP contribution in [0.5, 0.6) is 5.75 Å². The molecule has 6 heteroatoms. The molecule has 2 N–H and O–H groups in total. The standard InChI is InChI=1S/C37H53NO5/c1-5-7-8-9-10-11-12-13-14-15-16-17-18-19-20-21-22-23-24-29-35(39)38-33(30-31(3)4)37(41)43-34-28-26-25-27-32(34)36(40)42-6-2/h7-8,10-11,13-14,16-17,19-20,22-23,25-28,31,33,35,38-39H,5-6,9,12,15,18,21,24,29-30H2,1-4H3/b8-7-,11-10-,14-13-,17-16-,20-19-,23-22-. The maximum absolute atomic E-state index is 13.0. The minimum atomic E-state index is -0.866. The van der Waals surface area contributed by atoms with Crippen molar-refractivity contribution >= 4 is 11.9 Å². The van der Waals surface area contributed by atoms with Gasteiger partial charge >= 0.3 is 11.9 Å². The van der Waals surface area contributed by atoms with Crippen LogP contribution in [0.2, 0.25) is 0 Å². The molecule has 1 aromatic carbocycles. The molecule has 1 rings (SSSR count). The second-order valence-electron chi connectivity index (χ2n) is 10.5. The summed E-state index contributed by atoms with van der Waals surface area (Å²) in [5.41, 5.74) is 0.194. The highest BCUT2D eigenvalue weighted by Crippen LogP contribution is 2.21. The number of benzene rings is 1. The van der Waals surface area contributed by atoms with E-state index in [4.69, 9.17) is 9.47 Å². The lowest BCUT2D eigenvalue weighted by atomic mass is 10.0. The van der Waals surface area contributed by atoms with Crippen molar-refractivity contribution < 1.29 is 24.2 Å². The lowest BCUT2D eigenvalue weighted by Gasteiger charge is -2.23. The predicted octanol–water partition coefficient (Wildman–Crippen LogP) is 8.57. The van der Waals surface area contributed by atoms with Gasteiger partial charge in [0.2, 0.25) is 0 Å². The first-order valence-corrected chi connectivity index (χ1v) is 15.7. The van der Waals surface area contributed by atoms with E-state index in [1.54, 1.807) is 31.2 Å². The van der Waals surface area contributed by atoms with E-state index in [0.717, 1.165) is 38.5 Å². The second kappa shape index (κ2) is 25.1. The number of esters is 2. The summed E-state index contributed by atoms with van der Waals surface area (Å²) in [5, 5.41) is 13.5. The van der Waals surface area contributed by atoms with Gasteiger partial charge in [-0.2, -0.15) is 0 Å². The fraction of sp³-hybridized carbons (Fsp3) is 0.459. The Morgan fingerprint density at radius 3 is 1.81 bits per heavy atom. The third kappa shape index (κ3) is 19.4. The highest BCUT2D eigenvalue weighted by Gasteiger charge is 2.26. The number of hydrogen-bond acceptors (Lipinski definition) is 6. The SMILES string of the molecule is CC/C=C\C/C=C\C/C=C\C/C=C\C/C=C\C/C=C\CCC(O)NC(CC(C)C)C(=O)Oc1ccccc1C(=O)OCC. The van der Waals surface area contributed by atoms with E-state index in [0.29, 0.717) is 19.3 Å². The van der Waals surface area contributed by atoms with E-state index in [1.165, 1.54) is 0 Å². The molecule has 0 saturated carbocycles. The van der Waals surface area contributed by atoms with Gasteiger partial charge in [-0.05, 0) is 82.8 Å². The molecule has 1 aromatic rings. The van der Waals surface area contributed by atoms with Crippen LogP contribution in [0.15, 0.2) is 97.2 Å². The van der Waals surface area contributed by atoms with Crippen molar-refractivity contribution in [3.8, 4) is 5.75 Å². The molecule has 2 atom stereocenters. The van der Waals surface area contributed by atoms with Gasteiger partial charge in [-0.1, -0.05) is 106 Å². The molecule has 0 bridgehead atoms. The first-order chi connectivity index (χ1) is 20.9. The summed E-state index contributed by atoms with van der Waals surface area (Å²) in [5.74, 6) is -0.746. The number of aliphatic hydroxyl groups excluding tert-OH is 1. The first kappa shape index (κ1) is 37.5. The Hall–Kier alpha value is -3.48. The Bertz CT molecular complexity index is 1080. The number of rotatable bonds is 22. The number of carbonyl (C=O) groups excluding carboxylic acids is 2. The molecule has 0 radical (unpaired) electrons. The maximum Gasteiger partial charge on any atom is 0.341 e. The highest BCUT2D eigenvalue weighted by atomic mass is 16.5. The van der Waals surface area contributed by atoms with Crippen molar-refractivity contribution in [2.24, 2.45) is 5.92 Å². The number of allylic oxidation sites excluding steroid dienone is 12. The zero-order valence-corrected chi connectivity index (χ0v) is 26.6. The quantitative estimate of drug-likeness (QED) is 0.0608. The summed E-state index contributed by atoms with van der Waals surface area (Å²) in [6, 6.07) is 5.79. The number of carbonyl (C=O) groups is 2. The highest BCUT2D eigenvalue weighted by molar-refractivity contribution is 5.93. The summed E-state index contributed by atoms with van der Waals surface area (Å²) in [4.78, 5) is 25.2. The first-order valence-electron chi connectivity index (χ1n) is 15.7. The molecular weight excluding hydrogens is 538 g/mol. The van der Waals surface area contributed by atoms with Gasteiger partial charge in [-0.3, -0.25) is 5.32 Å². The van der Waals surface area contributed by atoms with E-state index < -0.39 is 24.2 Å². The summed E-state index contributed by atoms with van der Waals surface area (Å²) < 4.78 is 10.6. The van der Waals surface area contributed by atoms with E-state index in [-0.39, 0.29) is 23.8 Å². The molecule has 43 heavy (non-hydrogen) atoms. The molecule has 0 saturated heterocycles. The number of nitrogens with one attached hydrogen (secondary N) is 1. The van der Waals surface area contributed by atoms with E-state index >= 15 is 0 Å². The average Bonchev–Trinajstić information content (AvgIpc) is 2.98. The zero-order valence-electron chi connectivity index (χ0n) is 26.6. The Kier molecular flexibility index (Phi) is 21.9. The molecule has 6 nitrogen and oxygen atoms in total. The lowest BCUT2D eigenvalue weighted by Crippen LogP contribution is -2.46. The molecule has 0 amide bonds. The lowest BCUT2D eigenvalue weighted by molar-refractivity contribution is -0.138. The fourth-order valence-corrected chi connectivity index (χ4v) is 4.03. The van der Waals surface area contributed by atoms with Gasteiger partial charge in [0.1, 0.15) is 23.6 Å². The number of hydrogen-bond donors (Lipinski definition) is 2. The molecule has 0 aromatic heterocycles. The van der Waals surface area contributed by atoms with Crippen LogP contribution < -0.4 is 10.1 Å². The smallest absolute Gasteiger partial charge is 0.341 e. The molecular formula is C37H53NO5. The van der Waals surface area contributed by atoms with Gasteiger partial charge in [0.15, 0.2) is 0 Å². The molecule has 0 heterocycles. The maximum atomic E-state index is 13.0. The second-order valence-corrected chi connectivity index (χ2v) is 10.5. The van der Waals surface area contributed by atoms with Crippen molar-refractivity contribution in [1.82, 2.24) is 5.32 Å². The number of aliphatic hydroxyl groups is 1. The number of ether oxygens (including phenoxy) is 2. The molecule has 236 valence electrons. The zero-order chi connectivity index (χ0) is 31.5. The van der Waals surface area contributed by atoms with Crippen LogP contribution in [-0.4, -0.2) is 35.9 Å². The topological polar surface area (TPSA) is 84.9 Å². The summed E-state index contributed by atoms with van der Waals surface area (Å²) in [6.07, 6.45) is 32.4. The van der Waals surface area contributed by atoms with E-state index in [1.807, 2.05) is 19.9 Å². The van der Waals surface area contributed by atoms with Crippen LogP contribution in [0.25, 0.3) is 0 Å². The van der Waals surface area contributed by atoms with Gasteiger partial charge < -0.3 is 14.6 Å². The van der Waals surface area contributed by atoms with Crippen LogP contribution in [-0.2, 0) is 9.53 Å². The van der Waals surface area contributed by atoms with Crippen molar-refractivity contribution in [1.29, 1.82) is 0 Å². The van der Waals surface area contributed by atoms with Crippen LogP contribution in [0.4, 0.5) is 0 Å². The average molecular weight is 592 g/mol. The van der Waals surface area contributed by atoms with E-state index in [2.05, 4.69) is 79.1 Å². The van der Waals surface area contributed by atoms with Gasteiger partial charge in [0.25, 0.3) is 0 Å². The van der Waals surface area contributed by atoms with Crippen LogP contribution in [0.3, 0.4) is 0 Å². The fourth-order valence-electron chi connectivity index (χ4n) is 4.03. The summed E-state index contributed by atoms with van der Waals surface area (Å²) in [6.45, 7) is 8.08. The molecule has 0 spiro atoms. The van der Waals surface area contributed by atoms with E-state index in [9.17, 15) is 14.7 Å². The van der Waals surface area contributed by atoms with Gasteiger partial charge in [0, 0.05) is 0 Å². The monoisotopic (exact) mass is 591 g/mol. The Morgan fingerprint density at radius 1 is 0.791 bits per heavy atom. The Balaban J connectivity index is 2.36. The summed E-state index contributed by atoms with van der Waals surface area (Å²) in [7, 11) is 0. The van der Waals surface area contributed by atoms with Crippen molar-refractivity contribution in [3.05, 3.63) is 103 Å². The van der Waals surface area contributed by atoms with Crippen molar-refractivity contribution in [2.45, 2.75) is 97.8 Å². The third-order valence-corrected chi connectivity index (χ3v) is 6.18. The Morgan fingerprint density at radius 2 is 1.30 bits per heavy atom. The van der Waals surface area contributed by atoms with Gasteiger partial charge in [0.05, 0.1) is 6.61 Å². The molecule has 2 unspecified atom stereocenters. The van der Waals surface area contributed by atoms with Gasteiger partial charge in [-0.15, -0.1) is 0 Å². The Labute approximate surface area is 260 Å². The molecule has 0 aliphatic rings. The molecule has 0 fully saturated rings. The van der Waals surface area contributed by atoms with Crippen molar-refractivity contribution in [3.63, 3.8) is 0 Å². The predicted molar refractivity (Wildman–Crippen MR) is 178 cm³/mol. The normalized spacial score (nSPS) is 13.9. The minimum Gasteiger partial charge on any atom is -0.462 e. The molecule has 0 aliphatic carbocycles. The third-order valence-electron chi connectivity index (χ3n) is 6.18. The van der Waals surface area contributed by atoms with Crippen LogP contribution in [0.1, 0.15) is 95.8 Å². The minimum absolute atomic E-state index is 0.147. The molecule has 0 aliphatic heterocycles. The summed E-state index contributed by atoms with van der Waals surface area (Å²) >= 11 is 0. The number of para-hydroxylation sites is 1.